The Morgan fingerprint density at radius 1 is 1.50 bits per heavy atom. The molecule has 1 aliphatic heterocycles. The zero-order valence-electron chi connectivity index (χ0n) is 10.5. The number of fused-ring (bicyclic) bond motifs is 1. The molecule has 1 heterocycles. The molecule has 1 aliphatic rings. The third-order valence-electron chi connectivity index (χ3n) is 2.97. The highest BCUT2D eigenvalue weighted by Gasteiger charge is 2.16. The third-order valence-corrected chi connectivity index (χ3v) is 4.73. The number of ether oxygens (including phenoxy) is 1. The molecule has 0 saturated heterocycles. The summed E-state index contributed by atoms with van der Waals surface area (Å²) in [4.78, 5) is 0. The minimum Gasteiger partial charge on any atom is -0.493 e. The van der Waals surface area contributed by atoms with E-state index in [0.29, 0.717) is 5.75 Å². The van der Waals surface area contributed by atoms with Crippen molar-refractivity contribution in [1.29, 1.82) is 0 Å². The monoisotopic (exact) mass is 331 g/mol. The summed E-state index contributed by atoms with van der Waals surface area (Å²) in [7, 11) is -0.691. The number of benzene rings is 1. The Hall–Kier alpha value is -0.390. The van der Waals surface area contributed by atoms with Gasteiger partial charge >= 0.3 is 0 Å². The van der Waals surface area contributed by atoms with E-state index in [0.717, 1.165) is 42.1 Å². The Balaban J connectivity index is 1.92. The summed E-state index contributed by atoms with van der Waals surface area (Å²) < 4.78 is 18.1. The van der Waals surface area contributed by atoms with Gasteiger partial charge in [0.15, 0.2) is 0 Å². The van der Waals surface area contributed by atoms with Crippen LogP contribution in [0.5, 0.6) is 5.75 Å². The van der Waals surface area contributed by atoms with Gasteiger partial charge in [0.05, 0.1) is 6.61 Å². The van der Waals surface area contributed by atoms with Crippen molar-refractivity contribution in [2.24, 2.45) is 0 Å². The Labute approximate surface area is 119 Å². The summed E-state index contributed by atoms with van der Waals surface area (Å²) >= 11 is 3.53. The number of rotatable bonds is 6. The van der Waals surface area contributed by atoms with Crippen molar-refractivity contribution < 1.29 is 8.95 Å². The van der Waals surface area contributed by atoms with Crippen molar-refractivity contribution >= 4 is 26.7 Å². The van der Waals surface area contributed by atoms with Gasteiger partial charge in [-0.25, -0.2) is 0 Å². The second-order valence-corrected chi connectivity index (χ2v) is 7.04. The van der Waals surface area contributed by atoms with Gasteiger partial charge in [-0.15, -0.1) is 0 Å². The van der Waals surface area contributed by atoms with E-state index < -0.39 is 10.8 Å². The van der Waals surface area contributed by atoms with E-state index in [-0.39, 0.29) is 0 Å². The molecule has 0 amide bonds. The highest BCUT2D eigenvalue weighted by molar-refractivity contribution is 9.10. The molecule has 2 rings (SSSR count). The largest absolute Gasteiger partial charge is 0.493 e. The lowest BCUT2D eigenvalue weighted by Crippen LogP contribution is -2.20. The van der Waals surface area contributed by atoms with Gasteiger partial charge < -0.3 is 10.1 Å². The summed E-state index contributed by atoms with van der Waals surface area (Å²) in [5.74, 6) is 2.48. The molecule has 0 radical (unpaired) electrons. The van der Waals surface area contributed by atoms with Gasteiger partial charge in [0, 0.05) is 51.9 Å². The standard InChI is InChI=1S/C13H18BrNO2S/c1-2-18(16)6-4-15-9-11-8-12(14)7-10-3-5-17-13(10)11/h7-8,15H,2-6,9H2,1H3. The molecule has 0 aromatic heterocycles. The lowest BCUT2D eigenvalue weighted by Gasteiger charge is -2.10. The molecule has 18 heavy (non-hydrogen) atoms. The van der Waals surface area contributed by atoms with Crippen molar-refractivity contribution in [1.82, 2.24) is 5.32 Å². The maximum atomic E-state index is 11.3. The van der Waals surface area contributed by atoms with Gasteiger partial charge in [-0.3, -0.25) is 4.21 Å². The Morgan fingerprint density at radius 3 is 3.11 bits per heavy atom. The lowest BCUT2D eigenvalue weighted by atomic mass is 10.1. The van der Waals surface area contributed by atoms with Gasteiger partial charge in [-0.05, 0) is 17.7 Å². The summed E-state index contributed by atoms with van der Waals surface area (Å²) in [6, 6.07) is 4.21. The Bertz CT molecular complexity index is 451. The van der Waals surface area contributed by atoms with Crippen molar-refractivity contribution in [3.8, 4) is 5.75 Å². The van der Waals surface area contributed by atoms with Crippen LogP contribution in [-0.4, -0.2) is 28.9 Å². The number of hydrogen-bond acceptors (Lipinski definition) is 3. The maximum absolute atomic E-state index is 11.3. The minimum absolute atomic E-state index is 0.691. The van der Waals surface area contributed by atoms with E-state index in [4.69, 9.17) is 4.74 Å². The number of nitrogens with one attached hydrogen (secondary N) is 1. The topological polar surface area (TPSA) is 38.3 Å². The van der Waals surface area contributed by atoms with Crippen LogP contribution in [-0.2, 0) is 23.8 Å². The molecule has 0 bridgehead atoms. The molecule has 1 aromatic carbocycles. The van der Waals surface area contributed by atoms with Crippen LogP contribution in [0.3, 0.4) is 0 Å². The van der Waals surface area contributed by atoms with Crippen LogP contribution in [0.1, 0.15) is 18.1 Å². The highest BCUT2D eigenvalue weighted by atomic mass is 79.9. The van der Waals surface area contributed by atoms with E-state index in [2.05, 4.69) is 33.4 Å². The first-order chi connectivity index (χ1) is 8.70. The molecule has 1 atom stereocenters. The first kappa shape index (κ1) is 14.0. The first-order valence-corrected chi connectivity index (χ1v) is 8.48. The second kappa shape index (κ2) is 6.68. The van der Waals surface area contributed by atoms with Crippen molar-refractivity contribution in [2.75, 3.05) is 24.7 Å². The maximum Gasteiger partial charge on any atom is 0.127 e. The van der Waals surface area contributed by atoms with E-state index >= 15 is 0 Å². The molecule has 0 fully saturated rings. The van der Waals surface area contributed by atoms with Crippen LogP contribution in [0.25, 0.3) is 0 Å². The molecular weight excluding hydrogens is 314 g/mol. The molecule has 1 aromatic rings. The molecule has 1 unspecified atom stereocenters. The molecule has 0 aliphatic carbocycles. The van der Waals surface area contributed by atoms with Crippen molar-refractivity contribution in [3.05, 3.63) is 27.7 Å². The fourth-order valence-corrected chi connectivity index (χ4v) is 3.24. The summed E-state index contributed by atoms with van der Waals surface area (Å²) in [6.45, 7) is 4.27. The quantitative estimate of drug-likeness (QED) is 0.812. The zero-order chi connectivity index (χ0) is 13.0. The molecule has 5 heteroatoms. The fourth-order valence-electron chi connectivity index (χ4n) is 2.03. The van der Waals surface area contributed by atoms with Crippen molar-refractivity contribution in [3.63, 3.8) is 0 Å². The third kappa shape index (κ3) is 3.56. The molecule has 100 valence electrons. The van der Waals surface area contributed by atoms with Gasteiger partial charge in [0.1, 0.15) is 5.75 Å². The number of hydrogen-bond donors (Lipinski definition) is 1. The van der Waals surface area contributed by atoms with Gasteiger partial charge in [-0.1, -0.05) is 22.9 Å². The van der Waals surface area contributed by atoms with E-state index in [1.54, 1.807) is 0 Å². The highest BCUT2D eigenvalue weighted by Crippen LogP contribution is 2.32. The van der Waals surface area contributed by atoms with Crippen LogP contribution < -0.4 is 10.1 Å². The predicted octanol–water partition coefficient (Wildman–Crippen LogP) is 2.24. The smallest absolute Gasteiger partial charge is 0.127 e. The molecule has 3 nitrogen and oxygen atoms in total. The molecule has 1 N–H and O–H groups in total. The lowest BCUT2D eigenvalue weighted by molar-refractivity contribution is 0.352. The average Bonchev–Trinajstić information content (AvgIpc) is 2.81. The zero-order valence-corrected chi connectivity index (χ0v) is 12.9. The van der Waals surface area contributed by atoms with Crippen LogP contribution in [0.4, 0.5) is 0 Å². The van der Waals surface area contributed by atoms with E-state index in [9.17, 15) is 4.21 Å². The van der Waals surface area contributed by atoms with Crippen molar-refractivity contribution in [2.45, 2.75) is 19.9 Å². The van der Waals surface area contributed by atoms with Gasteiger partial charge in [0.2, 0.25) is 0 Å². The summed E-state index contributed by atoms with van der Waals surface area (Å²) in [5.41, 5.74) is 2.46. The van der Waals surface area contributed by atoms with Gasteiger partial charge in [-0.2, -0.15) is 0 Å². The SMILES string of the molecule is CCS(=O)CCNCc1cc(Br)cc2c1OCC2. The molecule has 0 spiro atoms. The summed E-state index contributed by atoms with van der Waals surface area (Å²) in [5, 5.41) is 3.33. The van der Waals surface area contributed by atoms with Crippen LogP contribution in [0.15, 0.2) is 16.6 Å². The average molecular weight is 332 g/mol. The van der Waals surface area contributed by atoms with E-state index in [1.165, 1.54) is 11.1 Å². The van der Waals surface area contributed by atoms with Crippen LogP contribution in [0, 0.1) is 0 Å². The first-order valence-electron chi connectivity index (χ1n) is 6.20. The molecule has 0 saturated carbocycles. The molecular formula is C13H18BrNO2S. The normalized spacial score (nSPS) is 15.2. The number of halogens is 1. The Kier molecular flexibility index (Phi) is 5.21. The van der Waals surface area contributed by atoms with Crippen LogP contribution in [0.2, 0.25) is 0 Å². The second-order valence-electron chi connectivity index (χ2n) is 4.26. The van der Waals surface area contributed by atoms with Gasteiger partial charge in [0.25, 0.3) is 0 Å². The minimum atomic E-state index is -0.691. The van der Waals surface area contributed by atoms with Crippen LogP contribution >= 0.6 is 15.9 Å². The predicted molar refractivity (Wildman–Crippen MR) is 78.6 cm³/mol. The summed E-state index contributed by atoms with van der Waals surface area (Å²) in [6.07, 6.45) is 0.988. The van der Waals surface area contributed by atoms with E-state index in [1.807, 2.05) is 6.92 Å². The Morgan fingerprint density at radius 2 is 2.33 bits per heavy atom. The fraction of sp³-hybridized carbons (Fsp3) is 0.538.